The first-order valence-corrected chi connectivity index (χ1v) is 7.56. The maximum absolute atomic E-state index is 12.7. The minimum atomic E-state index is -0.240. The summed E-state index contributed by atoms with van der Waals surface area (Å²) in [5, 5.41) is 14.7. The van der Waals surface area contributed by atoms with Crippen LogP contribution in [-0.2, 0) is 6.42 Å². The first-order valence-electron chi connectivity index (χ1n) is 7.56. The van der Waals surface area contributed by atoms with E-state index in [4.69, 9.17) is 4.74 Å². The van der Waals surface area contributed by atoms with Crippen LogP contribution < -0.4 is 10.3 Å². The van der Waals surface area contributed by atoms with Crippen LogP contribution in [0.4, 0.5) is 0 Å². The lowest BCUT2D eigenvalue weighted by Crippen LogP contribution is -2.22. The van der Waals surface area contributed by atoms with Gasteiger partial charge in [-0.3, -0.25) is 4.79 Å². The van der Waals surface area contributed by atoms with Crippen LogP contribution in [0.3, 0.4) is 0 Å². The van der Waals surface area contributed by atoms with Crippen molar-refractivity contribution >= 4 is 17.1 Å². The van der Waals surface area contributed by atoms with E-state index < -0.39 is 0 Å². The van der Waals surface area contributed by atoms with E-state index >= 15 is 0 Å². The Hall–Kier alpha value is -3.15. The van der Waals surface area contributed by atoms with Gasteiger partial charge in [0.05, 0.1) is 24.2 Å². The zero-order valence-electron chi connectivity index (χ0n) is 13.4. The largest absolute Gasteiger partial charge is 0.507 e. The summed E-state index contributed by atoms with van der Waals surface area (Å²) in [6, 6.07) is 12.0. The van der Waals surface area contributed by atoms with Gasteiger partial charge in [0.2, 0.25) is 0 Å². The van der Waals surface area contributed by atoms with E-state index in [-0.39, 0.29) is 11.3 Å². The number of aromatic hydroxyl groups is 1. The van der Waals surface area contributed by atoms with Gasteiger partial charge in [0.15, 0.2) is 0 Å². The lowest BCUT2D eigenvalue weighted by atomic mass is 10.2. The molecule has 0 saturated heterocycles. The van der Waals surface area contributed by atoms with Crippen molar-refractivity contribution in [2.24, 2.45) is 5.10 Å². The molecule has 0 unspecified atom stereocenters. The molecule has 6 nitrogen and oxygen atoms in total. The first-order chi connectivity index (χ1) is 11.6. The fourth-order valence-corrected chi connectivity index (χ4v) is 2.40. The molecule has 1 aromatic heterocycles. The number of phenols is 1. The maximum Gasteiger partial charge on any atom is 0.282 e. The van der Waals surface area contributed by atoms with Gasteiger partial charge in [-0.05, 0) is 30.3 Å². The quantitative estimate of drug-likeness (QED) is 0.749. The van der Waals surface area contributed by atoms with E-state index in [9.17, 15) is 9.90 Å². The van der Waals surface area contributed by atoms with Gasteiger partial charge in [-0.1, -0.05) is 19.1 Å². The summed E-state index contributed by atoms with van der Waals surface area (Å²) in [6.07, 6.45) is 1.98. The van der Waals surface area contributed by atoms with Crippen LogP contribution in [0.5, 0.6) is 11.5 Å². The third-order valence-electron chi connectivity index (χ3n) is 3.68. The molecule has 3 rings (SSSR count). The Labute approximate surface area is 138 Å². The predicted octanol–water partition coefficient (Wildman–Crippen LogP) is 2.56. The smallest absolute Gasteiger partial charge is 0.282 e. The van der Waals surface area contributed by atoms with Crippen molar-refractivity contribution in [3.8, 4) is 11.5 Å². The summed E-state index contributed by atoms with van der Waals surface area (Å²) < 4.78 is 6.40. The molecule has 0 aliphatic rings. The Bertz CT molecular complexity index is 977. The number of hydrogen-bond donors (Lipinski definition) is 1. The summed E-state index contributed by atoms with van der Waals surface area (Å²) in [5.74, 6) is 1.20. The fraction of sp³-hybridized carbons (Fsp3) is 0.167. The number of nitrogens with zero attached hydrogens (tertiary/aromatic N) is 3. The van der Waals surface area contributed by atoms with Crippen molar-refractivity contribution in [3.05, 3.63) is 64.2 Å². The molecular weight excluding hydrogens is 306 g/mol. The fourth-order valence-electron chi connectivity index (χ4n) is 2.40. The Morgan fingerprint density at radius 3 is 2.83 bits per heavy atom. The number of hydrogen-bond acceptors (Lipinski definition) is 5. The Kier molecular flexibility index (Phi) is 4.29. The zero-order chi connectivity index (χ0) is 17.1. The second kappa shape index (κ2) is 6.54. The highest BCUT2D eigenvalue weighted by Gasteiger charge is 2.09. The van der Waals surface area contributed by atoms with Crippen LogP contribution in [0.1, 0.15) is 18.3 Å². The van der Waals surface area contributed by atoms with Gasteiger partial charge in [-0.25, -0.2) is 4.98 Å². The minimum absolute atomic E-state index is 0.0550. The molecule has 0 atom stereocenters. The number of ether oxygens (including phenoxy) is 1. The van der Waals surface area contributed by atoms with Gasteiger partial charge >= 0.3 is 0 Å². The van der Waals surface area contributed by atoms with Crippen LogP contribution in [0.2, 0.25) is 0 Å². The van der Waals surface area contributed by atoms with Crippen molar-refractivity contribution in [3.63, 3.8) is 0 Å². The maximum atomic E-state index is 12.7. The average Bonchev–Trinajstić information content (AvgIpc) is 2.62. The topological polar surface area (TPSA) is 76.7 Å². The summed E-state index contributed by atoms with van der Waals surface area (Å²) >= 11 is 0. The van der Waals surface area contributed by atoms with Crippen molar-refractivity contribution in [1.82, 2.24) is 9.66 Å². The zero-order valence-corrected chi connectivity index (χ0v) is 13.4. The van der Waals surface area contributed by atoms with Crippen molar-refractivity contribution in [2.45, 2.75) is 13.3 Å². The molecular formula is C18H17N3O3. The van der Waals surface area contributed by atoms with E-state index in [0.717, 1.165) is 0 Å². The van der Waals surface area contributed by atoms with Crippen LogP contribution in [0.15, 0.2) is 52.4 Å². The van der Waals surface area contributed by atoms with Crippen molar-refractivity contribution in [1.29, 1.82) is 0 Å². The molecule has 0 spiro atoms. The molecule has 0 radical (unpaired) electrons. The number of phenolic OH excluding ortho intramolecular Hbond substituents is 1. The summed E-state index contributed by atoms with van der Waals surface area (Å²) in [4.78, 5) is 17.1. The number of fused-ring (bicyclic) bond motifs is 1. The standard InChI is InChI=1S/C18H17N3O3/c1-3-17-20-15-7-5-4-6-14(15)18(23)21(17)19-11-12-10-13(24-2)8-9-16(12)22/h4-11,22H,3H2,1-2H3/b19-11+. The molecule has 0 aliphatic heterocycles. The third kappa shape index (κ3) is 2.86. The molecule has 0 saturated carbocycles. The second-order valence-electron chi connectivity index (χ2n) is 5.19. The molecule has 122 valence electrons. The Morgan fingerprint density at radius 1 is 1.29 bits per heavy atom. The second-order valence-corrected chi connectivity index (χ2v) is 5.19. The normalized spacial score (nSPS) is 11.2. The van der Waals surface area contributed by atoms with E-state index in [1.54, 1.807) is 37.4 Å². The SMILES string of the molecule is CCc1nc2ccccc2c(=O)n1/N=C/c1cc(OC)ccc1O. The number of aromatic nitrogens is 2. The van der Waals surface area contributed by atoms with Crippen molar-refractivity contribution in [2.75, 3.05) is 7.11 Å². The lowest BCUT2D eigenvalue weighted by Gasteiger charge is -2.08. The first kappa shape index (κ1) is 15.7. The van der Waals surface area contributed by atoms with Gasteiger partial charge in [0.25, 0.3) is 5.56 Å². The van der Waals surface area contributed by atoms with Gasteiger partial charge < -0.3 is 9.84 Å². The Morgan fingerprint density at radius 2 is 2.08 bits per heavy atom. The number of rotatable bonds is 4. The molecule has 0 bridgehead atoms. The molecule has 1 N–H and O–H groups in total. The predicted molar refractivity (Wildman–Crippen MR) is 93.0 cm³/mol. The van der Waals surface area contributed by atoms with Gasteiger partial charge in [-0.2, -0.15) is 9.78 Å². The number of methoxy groups -OCH3 is 1. The number of para-hydroxylation sites is 1. The molecule has 0 aliphatic carbocycles. The highest BCUT2D eigenvalue weighted by atomic mass is 16.5. The van der Waals surface area contributed by atoms with Crippen LogP contribution >= 0.6 is 0 Å². The van der Waals surface area contributed by atoms with Gasteiger partial charge in [-0.15, -0.1) is 0 Å². The van der Waals surface area contributed by atoms with E-state index in [1.165, 1.54) is 17.0 Å². The lowest BCUT2D eigenvalue weighted by molar-refractivity contribution is 0.412. The summed E-state index contributed by atoms with van der Waals surface area (Å²) in [6.45, 7) is 1.91. The van der Waals surface area contributed by atoms with E-state index in [1.807, 2.05) is 13.0 Å². The number of aryl methyl sites for hydroxylation is 1. The molecule has 3 aromatic rings. The minimum Gasteiger partial charge on any atom is -0.507 e. The molecule has 0 fully saturated rings. The van der Waals surface area contributed by atoms with Crippen LogP contribution in [0.25, 0.3) is 10.9 Å². The molecule has 6 heteroatoms. The molecule has 24 heavy (non-hydrogen) atoms. The molecule has 0 amide bonds. The van der Waals surface area contributed by atoms with Gasteiger partial charge in [0.1, 0.15) is 17.3 Å². The van der Waals surface area contributed by atoms with Crippen LogP contribution in [0, 0.1) is 0 Å². The monoisotopic (exact) mass is 323 g/mol. The average molecular weight is 323 g/mol. The van der Waals surface area contributed by atoms with E-state index in [2.05, 4.69) is 10.1 Å². The highest BCUT2D eigenvalue weighted by Crippen LogP contribution is 2.21. The van der Waals surface area contributed by atoms with E-state index in [0.29, 0.717) is 34.5 Å². The van der Waals surface area contributed by atoms with Gasteiger partial charge in [0, 0.05) is 12.0 Å². The third-order valence-corrected chi connectivity index (χ3v) is 3.68. The van der Waals surface area contributed by atoms with Crippen molar-refractivity contribution < 1.29 is 9.84 Å². The number of benzene rings is 2. The summed E-state index contributed by atoms with van der Waals surface area (Å²) in [7, 11) is 1.54. The summed E-state index contributed by atoms with van der Waals surface area (Å²) in [5.41, 5.74) is 0.863. The Balaban J connectivity index is 2.13. The van der Waals surface area contributed by atoms with Crippen LogP contribution in [-0.4, -0.2) is 28.1 Å². The highest BCUT2D eigenvalue weighted by molar-refractivity contribution is 5.84. The molecule has 1 heterocycles. The molecule has 2 aromatic carbocycles.